The van der Waals surface area contributed by atoms with E-state index in [4.69, 9.17) is 0 Å². The van der Waals surface area contributed by atoms with Gasteiger partial charge in [-0.1, -0.05) is 0 Å². The van der Waals surface area contributed by atoms with Crippen LogP contribution in [0.2, 0.25) is 0 Å². The second-order valence-electron chi connectivity index (χ2n) is 7.59. The van der Waals surface area contributed by atoms with Crippen molar-refractivity contribution < 1.29 is 9.59 Å². The molecule has 1 N–H and O–H groups in total. The first-order valence-electron chi connectivity index (χ1n) is 9.31. The quantitative estimate of drug-likeness (QED) is 0.719. The molecule has 3 atom stereocenters. The Balaban J connectivity index is 1.23. The summed E-state index contributed by atoms with van der Waals surface area (Å²) in [6, 6.07) is 0.0542. The molecule has 1 saturated carbocycles. The first kappa shape index (κ1) is 17.3. The Morgan fingerprint density at radius 2 is 2.11 bits per heavy atom. The van der Waals surface area contributed by atoms with Gasteiger partial charge in [0.25, 0.3) is 5.91 Å². The number of aromatic nitrogens is 4. The number of rotatable bonds is 4. The van der Waals surface area contributed by atoms with Crippen LogP contribution in [-0.4, -0.2) is 54.7 Å². The average Bonchev–Trinajstić information content (AvgIpc) is 3.38. The second kappa shape index (κ2) is 6.37. The topological polar surface area (TPSA) is 92.5 Å². The molecule has 2 aliphatic heterocycles. The maximum atomic E-state index is 12.8. The van der Waals surface area contributed by atoms with E-state index >= 15 is 0 Å². The minimum absolute atomic E-state index is 0.00677. The average molecular weight is 396 g/mol. The summed E-state index contributed by atoms with van der Waals surface area (Å²) in [7, 11) is 0. The van der Waals surface area contributed by atoms with Crippen LogP contribution in [0.1, 0.15) is 33.2 Å². The van der Waals surface area contributed by atoms with Crippen molar-refractivity contribution in [3.05, 3.63) is 46.7 Å². The number of nitrogens with one attached hydrogen (secondary N) is 1. The maximum absolute atomic E-state index is 12.8. The number of aryl methyl sites for hydroxylation is 2. The lowest BCUT2D eigenvalue weighted by Crippen LogP contribution is -2.55. The molecule has 3 fully saturated rings. The van der Waals surface area contributed by atoms with Crippen LogP contribution in [-0.2, 0) is 11.2 Å². The molecule has 2 bridgehead atoms. The van der Waals surface area contributed by atoms with E-state index in [1.807, 2.05) is 35.5 Å². The molecule has 3 unspecified atom stereocenters. The highest BCUT2D eigenvalue weighted by molar-refractivity contribution is 7.16. The summed E-state index contributed by atoms with van der Waals surface area (Å²) < 4.78 is 1.97. The number of hydrogen-bond acceptors (Lipinski definition) is 6. The van der Waals surface area contributed by atoms with Crippen molar-refractivity contribution in [1.82, 2.24) is 29.6 Å². The fourth-order valence-corrected chi connectivity index (χ4v) is 4.98. The third-order valence-corrected chi connectivity index (χ3v) is 6.50. The van der Waals surface area contributed by atoms with Crippen LogP contribution < -0.4 is 5.32 Å². The molecule has 8 nitrogen and oxygen atoms in total. The number of thiazole rings is 1. The number of carbonyl (C=O) groups is 2. The summed E-state index contributed by atoms with van der Waals surface area (Å²) in [4.78, 5) is 42.0. The van der Waals surface area contributed by atoms with Crippen LogP contribution in [0.3, 0.4) is 0 Å². The minimum Gasteiger partial charge on any atom is -0.345 e. The highest BCUT2D eigenvalue weighted by Gasteiger charge is 2.54. The summed E-state index contributed by atoms with van der Waals surface area (Å²) in [6.07, 6.45) is 8.24. The molecule has 2 saturated heterocycles. The first-order chi connectivity index (χ1) is 13.5. The minimum atomic E-state index is -0.230. The zero-order valence-corrected chi connectivity index (χ0v) is 16.4. The van der Waals surface area contributed by atoms with Gasteiger partial charge in [0.05, 0.1) is 36.1 Å². The Labute approximate surface area is 165 Å². The molecule has 1 aliphatic carbocycles. The number of amides is 2. The molecule has 28 heavy (non-hydrogen) atoms. The standard InChI is InChI=1S/C19H20N6O2S/c1-10-5-21-14(6-20-10)18(27)23-17-12-3-15(17)25(8-12)16(26)4-13-9-24-7-11(2)28-19(24)22-13/h5-7,9,12,15,17H,3-4,8H2,1-2H3,(H,23,27). The van der Waals surface area contributed by atoms with Gasteiger partial charge in [-0.05, 0) is 20.3 Å². The van der Waals surface area contributed by atoms with Crippen LogP contribution >= 0.6 is 11.3 Å². The molecule has 0 spiro atoms. The van der Waals surface area contributed by atoms with Gasteiger partial charge in [0.1, 0.15) is 5.69 Å². The molecule has 9 heteroatoms. The van der Waals surface area contributed by atoms with Gasteiger partial charge in [-0.25, -0.2) is 9.97 Å². The molecule has 0 radical (unpaired) electrons. The molecular weight excluding hydrogens is 376 g/mol. The van der Waals surface area contributed by atoms with Gasteiger partial charge in [0.15, 0.2) is 4.96 Å². The van der Waals surface area contributed by atoms with Crippen LogP contribution in [0.25, 0.3) is 4.96 Å². The van der Waals surface area contributed by atoms with E-state index in [2.05, 4.69) is 20.3 Å². The molecule has 2 amide bonds. The summed E-state index contributed by atoms with van der Waals surface area (Å²) >= 11 is 1.62. The van der Waals surface area contributed by atoms with Gasteiger partial charge in [0.2, 0.25) is 5.91 Å². The van der Waals surface area contributed by atoms with E-state index in [-0.39, 0.29) is 23.9 Å². The predicted octanol–water partition coefficient (Wildman–Crippen LogP) is 1.37. The van der Waals surface area contributed by atoms with E-state index in [9.17, 15) is 9.59 Å². The molecule has 3 aliphatic rings. The SMILES string of the molecule is Cc1cnc(C(=O)NC2C3CC2N(C(=O)Cc2cn4cc(C)sc4n2)C3)cn1. The summed E-state index contributed by atoms with van der Waals surface area (Å²) in [5.74, 6) is 0.150. The van der Waals surface area contributed by atoms with Gasteiger partial charge in [-0.15, -0.1) is 11.3 Å². The Bertz CT molecular complexity index is 1040. The van der Waals surface area contributed by atoms with Gasteiger partial charge in [0, 0.05) is 35.9 Å². The molecular formula is C19H20N6O2S. The molecule has 144 valence electrons. The number of fused-ring (bicyclic) bond motifs is 2. The zero-order valence-electron chi connectivity index (χ0n) is 15.6. The Morgan fingerprint density at radius 3 is 2.86 bits per heavy atom. The largest absolute Gasteiger partial charge is 0.345 e. The molecule has 3 aromatic heterocycles. The van der Waals surface area contributed by atoms with Crippen LogP contribution in [0.5, 0.6) is 0 Å². The zero-order chi connectivity index (χ0) is 19.4. The molecule has 0 aromatic carbocycles. The van der Waals surface area contributed by atoms with Crippen molar-refractivity contribution in [2.45, 2.75) is 38.8 Å². The maximum Gasteiger partial charge on any atom is 0.271 e. The normalized spacial score (nSPS) is 23.1. The van der Waals surface area contributed by atoms with Gasteiger partial charge in [-0.3, -0.25) is 19.0 Å². The van der Waals surface area contributed by atoms with Crippen molar-refractivity contribution in [3.8, 4) is 0 Å². The van der Waals surface area contributed by atoms with Gasteiger partial charge in [-0.2, -0.15) is 0 Å². The summed E-state index contributed by atoms with van der Waals surface area (Å²) in [6.45, 7) is 4.56. The molecule has 6 rings (SSSR count). The summed E-state index contributed by atoms with van der Waals surface area (Å²) in [5.41, 5.74) is 1.87. The Hall–Kier alpha value is -2.81. The van der Waals surface area contributed by atoms with Crippen LogP contribution in [0, 0.1) is 19.8 Å². The number of nitrogens with zero attached hydrogens (tertiary/aromatic N) is 5. The third-order valence-electron chi connectivity index (χ3n) is 5.58. The van der Waals surface area contributed by atoms with E-state index in [0.717, 1.165) is 22.8 Å². The smallest absolute Gasteiger partial charge is 0.271 e. The van der Waals surface area contributed by atoms with Crippen LogP contribution in [0.4, 0.5) is 0 Å². The lowest BCUT2D eigenvalue weighted by molar-refractivity contribution is -0.130. The summed E-state index contributed by atoms with van der Waals surface area (Å²) in [5, 5.41) is 3.03. The first-order valence-corrected chi connectivity index (χ1v) is 10.1. The molecule has 3 aromatic rings. The lowest BCUT2D eigenvalue weighted by atomic mass is 9.80. The van der Waals surface area contributed by atoms with Crippen molar-refractivity contribution in [2.75, 3.05) is 6.54 Å². The van der Waals surface area contributed by atoms with E-state index in [0.29, 0.717) is 24.6 Å². The highest BCUT2D eigenvalue weighted by Crippen LogP contribution is 2.41. The van der Waals surface area contributed by atoms with Gasteiger partial charge >= 0.3 is 0 Å². The second-order valence-corrected chi connectivity index (χ2v) is 8.81. The lowest BCUT2D eigenvalue weighted by Gasteiger charge is -2.36. The van der Waals surface area contributed by atoms with Crippen molar-refractivity contribution in [1.29, 1.82) is 0 Å². The fourth-order valence-electron chi connectivity index (χ4n) is 4.16. The van der Waals surface area contributed by atoms with Crippen molar-refractivity contribution >= 4 is 28.1 Å². The number of hydrogen-bond donors (Lipinski definition) is 1. The highest BCUT2D eigenvalue weighted by atomic mass is 32.1. The van der Waals surface area contributed by atoms with E-state index in [1.54, 1.807) is 17.5 Å². The predicted molar refractivity (Wildman–Crippen MR) is 103 cm³/mol. The fraction of sp³-hybridized carbons (Fsp3) is 0.421. The van der Waals surface area contributed by atoms with Crippen molar-refractivity contribution in [3.63, 3.8) is 0 Å². The number of imidazole rings is 1. The Kier molecular flexibility index (Phi) is 3.94. The molecule has 5 heterocycles. The van der Waals surface area contributed by atoms with E-state index < -0.39 is 0 Å². The third kappa shape index (κ3) is 2.86. The van der Waals surface area contributed by atoms with Crippen molar-refractivity contribution in [2.24, 2.45) is 5.92 Å². The monoisotopic (exact) mass is 396 g/mol. The van der Waals surface area contributed by atoms with Crippen LogP contribution in [0.15, 0.2) is 24.8 Å². The van der Waals surface area contributed by atoms with E-state index in [1.165, 1.54) is 11.1 Å². The number of carbonyl (C=O) groups excluding carboxylic acids is 2. The Morgan fingerprint density at radius 1 is 1.25 bits per heavy atom. The van der Waals surface area contributed by atoms with Gasteiger partial charge < -0.3 is 10.2 Å².